The normalized spacial score (nSPS) is 18.9. The molecule has 1 saturated heterocycles. The zero-order valence-corrected chi connectivity index (χ0v) is 25.2. The van der Waals surface area contributed by atoms with Gasteiger partial charge in [-0.15, -0.1) is 0 Å². The van der Waals surface area contributed by atoms with Crippen LogP contribution >= 0.6 is 0 Å². The highest BCUT2D eigenvalue weighted by Crippen LogP contribution is 2.30. The lowest BCUT2D eigenvalue weighted by Gasteiger charge is -2.24. The Balaban J connectivity index is 1.33. The Kier molecular flexibility index (Phi) is 11.0. The predicted molar refractivity (Wildman–Crippen MR) is 165 cm³/mol. The highest BCUT2D eigenvalue weighted by atomic mass is 16.7. The molecule has 5 rings (SSSR count). The van der Waals surface area contributed by atoms with E-state index < -0.39 is 42.5 Å². The molecular formula is C35H34N2O9. The fraction of sp³-hybridized carbons (Fsp3) is 0.286. The first-order chi connectivity index (χ1) is 22.4. The maximum atomic E-state index is 13.2. The van der Waals surface area contributed by atoms with Gasteiger partial charge >= 0.3 is 17.9 Å². The molecule has 0 unspecified atom stereocenters. The third-order valence-corrected chi connectivity index (χ3v) is 7.32. The summed E-state index contributed by atoms with van der Waals surface area (Å²) in [7, 11) is 0. The molecule has 46 heavy (non-hydrogen) atoms. The number of nitrogens with zero attached hydrogens (tertiary/aromatic N) is 2. The van der Waals surface area contributed by atoms with Crippen LogP contribution in [0, 0.1) is 6.92 Å². The van der Waals surface area contributed by atoms with Gasteiger partial charge in [-0.1, -0.05) is 54.6 Å². The number of hydrogen-bond donors (Lipinski definition) is 0. The van der Waals surface area contributed by atoms with Gasteiger partial charge in [0.05, 0.1) is 16.7 Å². The summed E-state index contributed by atoms with van der Waals surface area (Å²) in [5.74, 6) is -1.94. The third-order valence-electron chi connectivity index (χ3n) is 7.32. The summed E-state index contributed by atoms with van der Waals surface area (Å²) in [6.45, 7) is 1.99. The molecule has 0 radical (unpaired) electrons. The number of benzene rings is 3. The SMILES string of the molecule is Cc1nccn(CCCCO[C@@H]2O[C@H](COC(=O)c3ccccc3)[C@@H](OC(=O)c3ccccc3)[C@H]2OC(=O)c2ccccc2)c1=O. The molecule has 238 valence electrons. The van der Waals surface area contributed by atoms with E-state index in [1.54, 1.807) is 115 Å². The minimum Gasteiger partial charge on any atom is -0.459 e. The topological polar surface area (TPSA) is 132 Å². The number of carbonyl (C=O) groups is 3. The number of esters is 3. The Morgan fingerprint density at radius 1 is 0.761 bits per heavy atom. The molecule has 0 spiro atoms. The molecule has 4 atom stereocenters. The van der Waals surface area contributed by atoms with Gasteiger partial charge in [-0.2, -0.15) is 0 Å². The summed E-state index contributed by atoms with van der Waals surface area (Å²) in [6, 6.07) is 25.1. The van der Waals surface area contributed by atoms with Crippen LogP contribution in [-0.4, -0.2) is 65.3 Å². The van der Waals surface area contributed by atoms with Crippen molar-refractivity contribution < 1.29 is 38.1 Å². The predicted octanol–water partition coefficient (Wildman–Crippen LogP) is 4.38. The van der Waals surface area contributed by atoms with E-state index in [0.717, 1.165) is 0 Å². The minimum absolute atomic E-state index is 0.161. The summed E-state index contributed by atoms with van der Waals surface area (Å²) in [5, 5.41) is 0. The molecular weight excluding hydrogens is 592 g/mol. The average Bonchev–Trinajstić information content (AvgIpc) is 3.41. The molecule has 0 saturated carbocycles. The molecule has 2 heterocycles. The van der Waals surface area contributed by atoms with E-state index in [9.17, 15) is 19.2 Å². The van der Waals surface area contributed by atoms with Crippen LogP contribution in [0.5, 0.6) is 0 Å². The number of aryl methyl sites for hydroxylation is 2. The van der Waals surface area contributed by atoms with Gasteiger partial charge in [-0.05, 0) is 56.2 Å². The molecule has 0 aliphatic carbocycles. The molecule has 3 aromatic carbocycles. The van der Waals surface area contributed by atoms with Crippen LogP contribution in [0.1, 0.15) is 49.6 Å². The molecule has 1 aromatic heterocycles. The molecule has 0 N–H and O–H groups in total. The van der Waals surface area contributed by atoms with Gasteiger partial charge in [-0.25, -0.2) is 14.4 Å². The molecule has 11 heteroatoms. The van der Waals surface area contributed by atoms with Crippen molar-refractivity contribution in [3.05, 3.63) is 136 Å². The van der Waals surface area contributed by atoms with Crippen LogP contribution in [-0.2, 0) is 30.2 Å². The van der Waals surface area contributed by atoms with Crippen LogP contribution < -0.4 is 5.56 Å². The smallest absolute Gasteiger partial charge is 0.338 e. The van der Waals surface area contributed by atoms with Crippen molar-refractivity contribution in [2.24, 2.45) is 0 Å². The number of unbranched alkanes of at least 4 members (excludes halogenated alkanes) is 1. The first kappa shape index (κ1) is 32.3. The Morgan fingerprint density at radius 2 is 1.30 bits per heavy atom. The fourth-order valence-corrected chi connectivity index (χ4v) is 4.89. The molecule has 11 nitrogen and oxygen atoms in total. The second-order valence-electron chi connectivity index (χ2n) is 10.6. The van der Waals surface area contributed by atoms with E-state index in [1.165, 1.54) is 0 Å². The quantitative estimate of drug-likeness (QED) is 0.120. The molecule has 1 aliphatic heterocycles. The molecule has 1 fully saturated rings. The summed E-state index contributed by atoms with van der Waals surface area (Å²) in [4.78, 5) is 55.4. The average molecular weight is 627 g/mol. The molecule has 1 aliphatic rings. The standard InChI is InChI=1S/C35H34N2O9/c1-24-31(38)37(21-19-36-24)20-11-12-22-42-35-30(46-34(41)27-17-9-4-10-18-27)29(45-33(40)26-15-7-3-8-16-26)28(44-35)23-43-32(39)25-13-5-2-6-14-25/h2-10,13-19,21,28-30,35H,11-12,20,22-23H2,1H3/t28-,29-,30-,35-/m1/s1. The van der Waals surface area contributed by atoms with Gasteiger partial charge in [0.25, 0.3) is 5.56 Å². The fourth-order valence-electron chi connectivity index (χ4n) is 4.89. The number of carbonyl (C=O) groups excluding carboxylic acids is 3. The van der Waals surface area contributed by atoms with E-state index >= 15 is 0 Å². The van der Waals surface area contributed by atoms with Crippen molar-refractivity contribution >= 4 is 17.9 Å². The first-order valence-electron chi connectivity index (χ1n) is 14.9. The van der Waals surface area contributed by atoms with Crippen LogP contribution in [0.25, 0.3) is 0 Å². The van der Waals surface area contributed by atoms with E-state index in [1.807, 2.05) is 0 Å². The second-order valence-corrected chi connectivity index (χ2v) is 10.6. The summed E-state index contributed by atoms with van der Waals surface area (Å²) >= 11 is 0. The van der Waals surface area contributed by atoms with Gasteiger partial charge in [-0.3, -0.25) is 9.78 Å². The van der Waals surface area contributed by atoms with E-state index in [2.05, 4.69) is 4.98 Å². The zero-order valence-electron chi connectivity index (χ0n) is 25.2. The number of hydrogen-bond acceptors (Lipinski definition) is 10. The van der Waals surface area contributed by atoms with Crippen molar-refractivity contribution in [2.75, 3.05) is 13.2 Å². The first-order valence-corrected chi connectivity index (χ1v) is 14.9. The Labute approximate surface area is 265 Å². The lowest BCUT2D eigenvalue weighted by atomic mass is 10.1. The largest absolute Gasteiger partial charge is 0.459 e. The van der Waals surface area contributed by atoms with Crippen molar-refractivity contribution in [3.8, 4) is 0 Å². The van der Waals surface area contributed by atoms with Crippen molar-refractivity contribution in [1.29, 1.82) is 0 Å². The van der Waals surface area contributed by atoms with Crippen molar-refractivity contribution in [1.82, 2.24) is 9.55 Å². The van der Waals surface area contributed by atoms with Crippen LogP contribution in [0.2, 0.25) is 0 Å². The third kappa shape index (κ3) is 8.32. The van der Waals surface area contributed by atoms with Gasteiger partial charge < -0.3 is 28.3 Å². The van der Waals surface area contributed by atoms with Gasteiger partial charge in [0, 0.05) is 25.5 Å². The Hall–Kier alpha value is -5.13. The highest BCUT2D eigenvalue weighted by Gasteiger charge is 2.51. The minimum atomic E-state index is -1.19. The van der Waals surface area contributed by atoms with E-state index in [-0.39, 0.29) is 29.9 Å². The van der Waals surface area contributed by atoms with Crippen LogP contribution in [0.15, 0.2) is 108 Å². The van der Waals surface area contributed by atoms with Gasteiger partial charge in [0.15, 0.2) is 18.5 Å². The zero-order chi connectivity index (χ0) is 32.3. The summed E-state index contributed by atoms with van der Waals surface area (Å²) in [5.41, 5.74) is 1.15. The maximum Gasteiger partial charge on any atom is 0.338 e. The lowest BCUT2D eigenvalue weighted by Crippen LogP contribution is -2.42. The second kappa shape index (κ2) is 15.7. The van der Waals surface area contributed by atoms with Crippen LogP contribution in [0.3, 0.4) is 0 Å². The lowest BCUT2D eigenvalue weighted by molar-refractivity contribution is -0.171. The van der Waals surface area contributed by atoms with E-state index in [0.29, 0.717) is 30.6 Å². The summed E-state index contributed by atoms with van der Waals surface area (Å²) in [6.07, 6.45) is -0.178. The maximum absolute atomic E-state index is 13.2. The monoisotopic (exact) mass is 626 g/mol. The highest BCUT2D eigenvalue weighted by molar-refractivity contribution is 5.91. The van der Waals surface area contributed by atoms with Crippen molar-refractivity contribution in [2.45, 2.75) is 50.9 Å². The van der Waals surface area contributed by atoms with Crippen molar-refractivity contribution in [3.63, 3.8) is 0 Å². The summed E-state index contributed by atoms with van der Waals surface area (Å²) < 4.78 is 31.1. The van der Waals surface area contributed by atoms with Gasteiger partial charge in [0.1, 0.15) is 18.4 Å². The number of rotatable bonds is 13. The molecule has 0 bridgehead atoms. The number of ether oxygens (including phenoxy) is 5. The Bertz CT molecular complexity index is 1660. The van der Waals surface area contributed by atoms with Gasteiger partial charge in [0.2, 0.25) is 0 Å². The molecule has 0 amide bonds. The van der Waals surface area contributed by atoms with E-state index in [4.69, 9.17) is 23.7 Å². The number of aromatic nitrogens is 2. The van der Waals surface area contributed by atoms with Crippen LogP contribution in [0.4, 0.5) is 0 Å². The Morgan fingerprint density at radius 3 is 1.89 bits per heavy atom. The molecule has 4 aromatic rings.